The maximum Gasteiger partial charge on any atom is 0.277 e. The lowest BCUT2D eigenvalue weighted by Crippen LogP contribution is -2.24. The molecule has 1 aromatic heterocycles. The number of phenolic OH excluding ortho intramolecular Hbond substituents is 1. The largest absolute Gasteiger partial charge is 0.507 e. The van der Waals surface area contributed by atoms with Crippen molar-refractivity contribution in [2.45, 2.75) is 0 Å². The molecule has 0 radical (unpaired) electrons. The molecule has 2 aromatic carbocycles. The molecule has 1 heterocycles. The number of aromatic hydroxyl groups is 1. The number of ether oxygens (including phenoxy) is 1. The first-order chi connectivity index (χ1) is 11.7. The van der Waals surface area contributed by atoms with E-state index in [4.69, 9.17) is 4.74 Å². The highest BCUT2D eigenvalue weighted by molar-refractivity contribution is 5.86. The average molecular weight is 339 g/mol. The number of fused-ring (bicyclic) bond motifs is 1. The van der Waals surface area contributed by atoms with Gasteiger partial charge < -0.3 is 15.3 Å². The molecule has 4 N–H and O–H groups in total. The maximum atomic E-state index is 11.8. The van der Waals surface area contributed by atoms with Crippen LogP contribution in [0.2, 0.25) is 0 Å². The Morgan fingerprint density at radius 3 is 2.80 bits per heavy atom. The maximum absolute atomic E-state index is 11.8. The summed E-state index contributed by atoms with van der Waals surface area (Å²) in [6, 6.07) is 16.0. The lowest BCUT2D eigenvalue weighted by molar-refractivity contribution is -0.123. The Morgan fingerprint density at radius 1 is 1.16 bits per heavy atom. The van der Waals surface area contributed by atoms with Crippen LogP contribution in [0.25, 0.3) is 10.9 Å². The van der Waals surface area contributed by atoms with Gasteiger partial charge in [0.1, 0.15) is 17.0 Å². The van der Waals surface area contributed by atoms with Crippen LogP contribution in [0.1, 0.15) is 5.56 Å². The minimum atomic E-state index is -0.408. The van der Waals surface area contributed by atoms with Gasteiger partial charge in [-0.3, -0.25) is 9.78 Å². The summed E-state index contributed by atoms with van der Waals surface area (Å²) in [5, 5.41) is 14.3. The van der Waals surface area contributed by atoms with Gasteiger partial charge in [-0.25, -0.2) is 5.43 Å². The molecule has 0 aliphatic rings. The molecule has 7 nitrogen and oxygen atoms in total. The SMILES string of the molecule is O.O=C(COc1cccc2cccnc12)N/N=C/c1ccccc1O. The zero-order valence-corrected chi connectivity index (χ0v) is 13.2. The van der Waals surface area contributed by atoms with E-state index in [1.807, 2.05) is 24.3 Å². The quantitative estimate of drug-likeness (QED) is 0.543. The van der Waals surface area contributed by atoms with Crippen molar-refractivity contribution in [3.8, 4) is 11.5 Å². The van der Waals surface area contributed by atoms with Crippen molar-refractivity contribution in [2.24, 2.45) is 5.10 Å². The van der Waals surface area contributed by atoms with Crippen molar-refractivity contribution in [2.75, 3.05) is 6.61 Å². The predicted molar refractivity (Wildman–Crippen MR) is 94.7 cm³/mol. The van der Waals surface area contributed by atoms with E-state index in [1.165, 1.54) is 6.21 Å². The molecule has 3 aromatic rings. The fourth-order valence-electron chi connectivity index (χ4n) is 2.14. The number of aromatic nitrogens is 1. The van der Waals surface area contributed by atoms with Crippen molar-refractivity contribution in [3.05, 3.63) is 66.4 Å². The van der Waals surface area contributed by atoms with E-state index in [-0.39, 0.29) is 17.8 Å². The van der Waals surface area contributed by atoms with Gasteiger partial charge in [0.15, 0.2) is 6.61 Å². The van der Waals surface area contributed by atoms with Crippen LogP contribution in [-0.2, 0) is 4.79 Å². The third kappa shape index (κ3) is 4.52. The van der Waals surface area contributed by atoms with E-state index in [2.05, 4.69) is 15.5 Å². The summed E-state index contributed by atoms with van der Waals surface area (Å²) >= 11 is 0. The zero-order valence-electron chi connectivity index (χ0n) is 13.2. The Balaban J connectivity index is 0.00000225. The van der Waals surface area contributed by atoms with Crippen molar-refractivity contribution >= 4 is 23.0 Å². The number of nitrogens with one attached hydrogen (secondary N) is 1. The molecule has 25 heavy (non-hydrogen) atoms. The minimum absolute atomic E-state index is 0. The zero-order chi connectivity index (χ0) is 16.8. The van der Waals surface area contributed by atoms with E-state index >= 15 is 0 Å². The lowest BCUT2D eigenvalue weighted by Gasteiger charge is -2.07. The molecule has 0 saturated heterocycles. The number of carbonyl (C=O) groups is 1. The molecule has 7 heteroatoms. The number of para-hydroxylation sites is 2. The number of hydrazone groups is 1. The molecule has 0 fully saturated rings. The predicted octanol–water partition coefficient (Wildman–Crippen LogP) is 1.64. The third-order valence-electron chi connectivity index (χ3n) is 3.28. The summed E-state index contributed by atoms with van der Waals surface area (Å²) in [6.45, 7) is -0.187. The monoisotopic (exact) mass is 339 g/mol. The molecule has 1 amide bonds. The molecule has 0 aliphatic heterocycles. The number of pyridine rings is 1. The Kier molecular flexibility index (Phi) is 6.02. The van der Waals surface area contributed by atoms with E-state index in [9.17, 15) is 9.90 Å². The highest BCUT2D eigenvalue weighted by atomic mass is 16.5. The molecule has 0 aliphatic carbocycles. The summed E-state index contributed by atoms with van der Waals surface area (Å²) in [4.78, 5) is 16.1. The normalized spacial score (nSPS) is 10.4. The van der Waals surface area contributed by atoms with Crippen LogP contribution in [0.4, 0.5) is 0 Å². The first-order valence-electron chi connectivity index (χ1n) is 7.30. The number of hydrogen-bond acceptors (Lipinski definition) is 5. The summed E-state index contributed by atoms with van der Waals surface area (Å²) < 4.78 is 5.51. The molecule has 0 bridgehead atoms. The number of hydrogen-bond donors (Lipinski definition) is 2. The van der Waals surface area contributed by atoms with Crippen molar-refractivity contribution in [3.63, 3.8) is 0 Å². The van der Waals surface area contributed by atoms with Gasteiger partial charge in [-0.1, -0.05) is 30.3 Å². The summed E-state index contributed by atoms with van der Waals surface area (Å²) in [5.41, 5.74) is 3.56. The molecule has 3 rings (SSSR count). The molecular formula is C18H17N3O4. The van der Waals surface area contributed by atoms with Gasteiger partial charge >= 0.3 is 0 Å². The fourth-order valence-corrected chi connectivity index (χ4v) is 2.14. The second kappa shape index (κ2) is 8.42. The second-order valence-corrected chi connectivity index (χ2v) is 4.97. The van der Waals surface area contributed by atoms with Gasteiger partial charge in [0, 0.05) is 17.1 Å². The molecule has 128 valence electrons. The van der Waals surface area contributed by atoms with Crippen LogP contribution in [0, 0.1) is 0 Å². The van der Waals surface area contributed by atoms with Crippen molar-refractivity contribution < 1.29 is 20.1 Å². The standard InChI is InChI=1S/C18H15N3O3.H2O/c22-15-8-2-1-5-14(15)11-20-21-17(23)12-24-16-9-3-6-13-7-4-10-19-18(13)16;/h1-11,22H,12H2,(H,21,23);1H2/b20-11+;. The number of amides is 1. The van der Waals surface area contributed by atoms with Gasteiger partial charge in [-0.05, 0) is 24.3 Å². The van der Waals surface area contributed by atoms with Crippen LogP contribution >= 0.6 is 0 Å². The smallest absolute Gasteiger partial charge is 0.277 e. The highest BCUT2D eigenvalue weighted by Gasteiger charge is 2.06. The van der Waals surface area contributed by atoms with Crippen LogP contribution in [0.5, 0.6) is 11.5 Å². The Labute approximate surface area is 143 Å². The summed E-state index contributed by atoms with van der Waals surface area (Å²) in [5.74, 6) is 0.219. The Bertz CT molecular complexity index is 891. The van der Waals surface area contributed by atoms with Gasteiger partial charge in [-0.2, -0.15) is 5.10 Å². The number of benzene rings is 2. The molecule has 0 spiro atoms. The van der Waals surface area contributed by atoms with Crippen molar-refractivity contribution in [1.82, 2.24) is 10.4 Å². The van der Waals surface area contributed by atoms with Crippen LogP contribution in [-0.4, -0.2) is 34.3 Å². The summed E-state index contributed by atoms with van der Waals surface area (Å²) in [7, 11) is 0. The van der Waals surface area contributed by atoms with Crippen LogP contribution < -0.4 is 10.2 Å². The van der Waals surface area contributed by atoms with Crippen LogP contribution in [0.15, 0.2) is 65.9 Å². The number of carbonyl (C=O) groups excluding carboxylic acids is 1. The van der Waals surface area contributed by atoms with Crippen LogP contribution in [0.3, 0.4) is 0 Å². The number of nitrogens with zero attached hydrogens (tertiary/aromatic N) is 2. The van der Waals surface area contributed by atoms with Crippen molar-refractivity contribution in [1.29, 1.82) is 0 Å². The minimum Gasteiger partial charge on any atom is -0.507 e. The average Bonchev–Trinajstić information content (AvgIpc) is 2.61. The summed E-state index contributed by atoms with van der Waals surface area (Å²) in [6.07, 6.45) is 3.04. The van der Waals surface area contributed by atoms with Gasteiger partial charge in [0.05, 0.1) is 6.21 Å². The second-order valence-electron chi connectivity index (χ2n) is 4.97. The van der Waals surface area contributed by atoms with E-state index in [0.29, 0.717) is 16.8 Å². The van der Waals surface area contributed by atoms with Gasteiger partial charge in [0.25, 0.3) is 5.91 Å². The van der Waals surface area contributed by atoms with Gasteiger partial charge in [0.2, 0.25) is 0 Å². The first kappa shape index (κ1) is 17.9. The molecule has 0 saturated carbocycles. The number of phenols is 1. The van der Waals surface area contributed by atoms with E-state index in [1.54, 1.807) is 36.5 Å². The van der Waals surface area contributed by atoms with Gasteiger partial charge in [-0.15, -0.1) is 0 Å². The Morgan fingerprint density at radius 2 is 1.96 bits per heavy atom. The topological polar surface area (TPSA) is 115 Å². The lowest BCUT2D eigenvalue weighted by atomic mass is 10.2. The first-order valence-corrected chi connectivity index (χ1v) is 7.30. The Hall–Kier alpha value is -3.45. The fraction of sp³-hybridized carbons (Fsp3) is 0.0556. The highest BCUT2D eigenvalue weighted by Crippen LogP contribution is 2.22. The van der Waals surface area contributed by atoms with E-state index in [0.717, 1.165) is 5.39 Å². The third-order valence-corrected chi connectivity index (χ3v) is 3.28. The molecule has 0 unspecified atom stereocenters. The molecular weight excluding hydrogens is 322 g/mol. The van der Waals surface area contributed by atoms with E-state index < -0.39 is 5.91 Å². The number of rotatable bonds is 5. The molecule has 0 atom stereocenters.